The number of amides is 1. The first-order valence-corrected chi connectivity index (χ1v) is 10.4. The first-order valence-electron chi connectivity index (χ1n) is 10.4. The van der Waals surface area contributed by atoms with Crippen LogP contribution in [-0.4, -0.2) is 43.5 Å². The van der Waals surface area contributed by atoms with Gasteiger partial charge in [0.2, 0.25) is 5.91 Å². The molecule has 5 heteroatoms. The monoisotopic (exact) mass is 395 g/mol. The SMILES string of the molecule is COc1ccccc1C1(C(=O)NC[C@]2(O)CCc3ccccc3C2)CCOCC1. The molecule has 29 heavy (non-hydrogen) atoms. The van der Waals surface area contributed by atoms with Crippen molar-refractivity contribution in [1.29, 1.82) is 0 Å². The Hall–Kier alpha value is -2.37. The summed E-state index contributed by atoms with van der Waals surface area (Å²) >= 11 is 0. The quantitative estimate of drug-likeness (QED) is 0.817. The molecule has 1 aliphatic heterocycles. The van der Waals surface area contributed by atoms with E-state index in [1.54, 1.807) is 7.11 Å². The van der Waals surface area contributed by atoms with Crippen LogP contribution in [0.4, 0.5) is 0 Å². The van der Waals surface area contributed by atoms with Crippen molar-refractivity contribution in [1.82, 2.24) is 5.32 Å². The van der Waals surface area contributed by atoms with E-state index in [0.717, 1.165) is 17.7 Å². The topological polar surface area (TPSA) is 67.8 Å². The Morgan fingerprint density at radius 3 is 2.52 bits per heavy atom. The lowest BCUT2D eigenvalue weighted by molar-refractivity contribution is -0.132. The molecule has 1 aliphatic carbocycles. The van der Waals surface area contributed by atoms with Crippen LogP contribution in [0.3, 0.4) is 0 Å². The highest BCUT2D eigenvalue weighted by molar-refractivity contribution is 5.89. The Morgan fingerprint density at radius 1 is 1.07 bits per heavy atom. The fourth-order valence-corrected chi connectivity index (χ4v) is 4.73. The minimum absolute atomic E-state index is 0.0578. The van der Waals surface area contributed by atoms with E-state index in [1.165, 1.54) is 11.1 Å². The zero-order chi connectivity index (χ0) is 20.3. The molecule has 0 radical (unpaired) electrons. The lowest BCUT2D eigenvalue weighted by atomic mass is 9.72. The number of nitrogens with one attached hydrogen (secondary N) is 1. The van der Waals surface area contributed by atoms with Gasteiger partial charge in [-0.15, -0.1) is 0 Å². The molecular weight excluding hydrogens is 366 g/mol. The molecule has 1 fully saturated rings. The van der Waals surface area contributed by atoms with Crippen LogP contribution >= 0.6 is 0 Å². The minimum atomic E-state index is -0.919. The van der Waals surface area contributed by atoms with Crippen LogP contribution in [0.15, 0.2) is 48.5 Å². The molecule has 1 heterocycles. The van der Waals surface area contributed by atoms with Crippen molar-refractivity contribution < 1.29 is 19.4 Å². The molecule has 0 saturated carbocycles. The van der Waals surface area contributed by atoms with Gasteiger partial charge in [0.1, 0.15) is 5.75 Å². The number of hydrogen-bond acceptors (Lipinski definition) is 4. The van der Waals surface area contributed by atoms with E-state index in [4.69, 9.17) is 9.47 Å². The fraction of sp³-hybridized carbons (Fsp3) is 0.458. The van der Waals surface area contributed by atoms with Gasteiger partial charge in [-0.05, 0) is 42.9 Å². The van der Waals surface area contributed by atoms with Gasteiger partial charge in [0.25, 0.3) is 0 Å². The van der Waals surface area contributed by atoms with Crippen LogP contribution in [-0.2, 0) is 27.8 Å². The van der Waals surface area contributed by atoms with Crippen molar-refractivity contribution >= 4 is 5.91 Å². The highest BCUT2D eigenvalue weighted by Gasteiger charge is 2.44. The average Bonchev–Trinajstić information content (AvgIpc) is 2.78. The van der Waals surface area contributed by atoms with Crippen molar-refractivity contribution in [2.75, 3.05) is 26.9 Å². The van der Waals surface area contributed by atoms with E-state index in [9.17, 15) is 9.90 Å². The van der Waals surface area contributed by atoms with E-state index < -0.39 is 11.0 Å². The van der Waals surface area contributed by atoms with Gasteiger partial charge in [0.05, 0.1) is 18.1 Å². The van der Waals surface area contributed by atoms with Crippen molar-refractivity contribution in [3.8, 4) is 5.75 Å². The second-order valence-corrected chi connectivity index (χ2v) is 8.25. The number of methoxy groups -OCH3 is 1. The molecule has 0 aromatic heterocycles. The number of carbonyl (C=O) groups excluding carboxylic acids is 1. The molecule has 154 valence electrons. The molecule has 2 aromatic carbocycles. The first-order chi connectivity index (χ1) is 14.1. The summed E-state index contributed by atoms with van der Waals surface area (Å²) in [4.78, 5) is 13.5. The molecule has 1 atom stereocenters. The molecule has 5 nitrogen and oxygen atoms in total. The molecular formula is C24H29NO4. The first kappa shape index (κ1) is 19.9. The van der Waals surface area contributed by atoms with Crippen molar-refractivity contribution in [3.63, 3.8) is 0 Å². The van der Waals surface area contributed by atoms with Gasteiger partial charge in [0.15, 0.2) is 0 Å². The summed E-state index contributed by atoms with van der Waals surface area (Å²) in [5.41, 5.74) is 1.73. The van der Waals surface area contributed by atoms with Gasteiger partial charge in [-0.25, -0.2) is 0 Å². The minimum Gasteiger partial charge on any atom is -0.496 e. The maximum Gasteiger partial charge on any atom is 0.231 e. The number of benzene rings is 2. The number of carbonyl (C=O) groups is 1. The van der Waals surface area contributed by atoms with E-state index in [1.807, 2.05) is 36.4 Å². The Balaban J connectivity index is 1.54. The van der Waals surface area contributed by atoms with Crippen molar-refractivity contribution in [3.05, 3.63) is 65.2 Å². The third kappa shape index (κ3) is 3.89. The normalized spacial score (nSPS) is 23.1. The Kier molecular flexibility index (Phi) is 5.61. The van der Waals surface area contributed by atoms with Gasteiger partial charge in [-0.2, -0.15) is 0 Å². The molecule has 1 saturated heterocycles. The Bertz CT molecular complexity index is 875. The summed E-state index contributed by atoms with van der Waals surface area (Å²) in [7, 11) is 1.63. The second kappa shape index (κ2) is 8.17. The lowest BCUT2D eigenvalue weighted by Crippen LogP contribution is -2.53. The zero-order valence-corrected chi connectivity index (χ0v) is 16.9. The summed E-state index contributed by atoms with van der Waals surface area (Å²) in [6, 6.07) is 15.9. The molecule has 0 unspecified atom stereocenters. The van der Waals surface area contributed by atoms with Gasteiger partial charge in [0, 0.05) is 31.7 Å². The van der Waals surface area contributed by atoms with Crippen LogP contribution in [0, 0.1) is 0 Å². The van der Waals surface area contributed by atoms with Crippen LogP contribution in [0.1, 0.15) is 36.0 Å². The Morgan fingerprint density at radius 2 is 1.76 bits per heavy atom. The van der Waals surface area contributed by atoms with Crippen LogP contribution in [0.25, 0.3) is 0 Å². The summed E-state index contributed by atoms with van der Waals surface area (Å²) in [6.07, 6.45) is 3.23. The van der Waals surface area contributed by atoms with E-state index in [-0.39, 0.29) is 12.5 Å². The number of fused-ring (bicyclic) bond motifs is 1. The van der Waals surface area contributed by atoms with Gasteiger partial charge in [-0.1, -0.05) is 42.5 Å². The van der Waals surface area contributed by atoms with Gasteiger partial charge < -0.3 is 19.9 Å². The molecule has 4 rings (SSSR count). The second-order valence-electron chi connectivity index (χ2n) is 8.25. The van der Waals surface area contributed by atoms with Crippen LogP contribution < -0.4 is 10.1 Å². The van der Waals surface area contributed by atoms with E-state index >= 15 is 0 Å². The Labute approximate surface area is 172 Å². The summed E-state index contributed by atoms with van der Waals surface area (Å²) in [5.74, 6) is 0.660. The van der Waals surface area contributed by atoms with Crippen molar-refractivity contribution in [2.24, 2.45) is 0 Å². The number of para-hydroxylation sites is 1. The maximum absolute atomic E-state index is 13.5. The highest BCUT2D eigenvalue weighted by Crippen LogP contribution is 2.40. The fourth-order valence-electron chi connectivity index (χ4n) is 4.73. The largest absolute Gasteiger partial charge is 0.496 e. The lowest BCUT2D eigenvalue weighted by Gasteiger charge is -2.39. The maximum atomic E-state index is 13.5. The number of ether oxygens (including phenoxy) is 2. The predicted molar refractivity (Wildman–Crippen MR) is 111 cm³/mol. The third-order valence-corrected chi connectivity index (χ3v) is 6.48. The smallest absolute Gasteiger partial charge is 0.231 e. The number of aliphatic hydroxyl groups is 1. The number of hydrogen-bond donors (Lipinski definition) is 2. The highest BCUT2D eigenvalue weighted by atomic mass is 16.5. The average molecular weight is 395 g/mol. The summed E-state index contributed by atoms with van der Waals surface area (Å²) in [5, 5.41) is 14.2. The molecule has 0 bridgehead atoms. The summed E-state index contributed by atoms with van der Waals surface area (Å²) < 4.78 is 11.1. The standard InChI is InChI=1S/C24H29NO4/c1-28-21-9-5-4-8-20(21)24(12-14-29-15-13-24)22(26)25-17-23(27)11-10-18-6-2-3-7-19(18)16-23/h2-9,27H,10-17H2,1H3,(H,25,26)/t23-/m0/s1. The molecule has 2 aliphatic rings. The molecule has 2 aromatic rings. The number of rotatable bonds is 5. The zero-order valence-electron chi connectivity index (χ0n) is 16.9. The third-order valence-electron chi connectivity index (χ3n) is 6.48. The van der Waals surface area contributed by atoms with Crippen LogP contribution in [0.2, 0.25) is 0 Å². The summed E-state index contributed by atoms with van der Waals surface area (Å²) in [6.45, 7) is 1.31. The van der Waals surface area contributed by atoms with E-state index in [2.05, 4.69) is 17.4 Å². The predicted octanol–water partition coefficient (Wildman–Crippen LogP) is 2.78. The molecule has 2 N–H and O–H groups in total. The van der Waals surface area contributed by atoms with Crippen molar-refractivity contribution in [2.45, 2.75) is 43.1 Å². The molecule has 1 amide bonds. The molecule has 0 spiro atoms. The van der Waals surface area contributed by atoms with Gasteiger partial charge >= 0.3 is 0 Å². The van der Waals surface area contributed by atoms with Crippen LogP contribution in [0.5, 0.6) is 5.75 Å². The van der Waals surface area contributed by atoms with E-state index in [0.29, 0.717) is 38.9 Å². The van der Waals surface area contributed by atoms with Gasteiger partial charge in [-0.3, -0.25) is 4.79 Å². The number of aryl methyl sites for hydroxylation is 1.